The first-order valence-electron chi connectivity index (χ1n) is 9.17. The molecule has 0 saturated carbocycles. The van der Waals surface area contributed by atoms with Crippen molar-refractivity contribution in [3.63, 3.8) is 0 Å². The van der Waals surface area contributed by atoms with Crippen molar-refractivity contribution < 1.29 is 9.53 Å². The third-order valence-electron chi connectivity index (χ3n) is 4.47. The number of pyridine rings is 1. The van der Waals surface area contributed by atoms with Crippen LogP contribution in [0.1, 0.15) is 31.4 Å². The Labute approximate surface area is 158 Å². The Morgan fingerprint density at radius 3 is 2.48 bits per heavy atom. The molecule has 0 unspecified atom stereocenters. The molecular weight excluding hydrogens is 340 g/mol. The number of aromatic nitrogens is 1. The molecule has 0 radical (unpaired) electrons. The number of H-pyrrole nitrogens is 1. The van der Waals surface area contributed by atoms with Gasteiger partial charge < -0.3 is 14.6 Å². The van der Waals surface area contributed by atoms with Crippen molar-refractivity contribution in [1.29, 1.82) is 0 Å². The van der Waals surface area contributed by atoms with Gasteiger partial charge in [0, 0.05) is 23.2 Å². The van der Waals surface area contributed by atoms with Gasteiger partial charge in [-0.3, -0.25) is 9.59 Å². The highest BCUT2D eigenvalue weighted by Gasteiger charge is 2.17. The van der Waals surface area contributed by atoms with Gasteiger partial charge in [-0.15, -0.1) is 0 Å². The number of fused-ring (bicyclic) bond motifs is 1. The lowest BCUT2D eigenvalue weighted by atomic mass is 10.1. The van der Waals surface area contributed by atoms with Crippen molar-refractivity contribution in [3.05, 3.63) is 70.0 Å². The molecule has 5 heteroatoms. The largest absolute Gasteiger partial charge is 0.494 e. The highest BCUT2D eigenvalue weighted by atomic mass is 16.5. The van der Waals surface area contributed by atoms with Gasteiger partial charge in [0.2, 0.25) is 5.91 Å². The molecule has 0 fully saturated rings. The summed E-state index contributed by atoms with van der Waals surface area (Å²) in [6.45, 7) is 6.56. The van der Waals surface area contributed by atoms with Gasteiger partial charge in [0.1, 0.15) is 5.75 Å². The van der Waals surface area contributed by atoms with Crippen molar-refractivity contribution in [2.45, 2.75) is 33.7 Å². The topological polar surface area (TPSA) is 62.4 Å². The minimum Gasteiger partial charge on any atom is -0.494 e. The number of aryl methyl sites for hydroxylation is 1. The zero-order valence-electron chi connectivity index (χ0n) is 15.9. The van der Waals surface area contributed by atoms with E-state index >= 15 is 0 Å². The van der Waals surface area contributed by atoms with Gasteiger partial charge in [-0.2, -0.15) is 0 Å². The Morgan fingerprint density at radius 1 is 1.07 bits per heavy atom. The maximum atomic E-state index is 12.5. The van der Waals surface area contributed by atoms with Gasteiger partial charge in [0.15, 0.2) is 0 Å². The van der Waals surface area contributed by atoms with Crippen LogP contribution in [-0.4, -0.2) is 17.5 Å². The van der Waals surface area contributed by atoms with Crippen LogP contribution < -0.4 is 15.2 Å². The summed E-state index contributed by atoms with van der Waals surface area (Å²) in [6.07, 6.45) is 0.359. The van der Waals surface area contributed by atoms with E-state index in [2.05, 4.69) is 4.98 Å². The fourth-order valence-corrected chi connectivity index (χ4v) is 3.06. The van der Waals surface area contributed by atoms with Crippen LogP contribution >= 0.6 is 0 Å². The van der Waals surface area contributed by atoms with E-state index in [1.807, 2.05) is 69.3 Å². The SMILES string of the molecule is CCOc1ccc(N(Cc2cc3cc(C)ccc3[nH]c2=O)C(=O)CC)cc1. The Kier molecular flexibility index (Phi) is 5.60. The monoisotopic (exact) mass is 364 g/mol. The summed E-state index contributed by atoms with van der Waals surface area (Å²) in [5.41, 5.74) is 3.04. The molecule has 0 saturated heterocycles. The molecule has 3 aromatic rings. The van der Waals surface area contributed by atoms with Crippen LogP contribution in [-0.2, 0) is 11.3 Å². The molecule has 5 nitrogen and oxygen atoms in total. The Bertz CT molecular complexity index is 1010. The van der Waals surface area contributed by atoms with Crippen LogP contribution in [0.5, 0.6) is 5.75 Å². The van der Waals surface area contributed by atoms with Crippen molar-refractivity contribution >= 4 is 22.5 Å². The highest BCUT2D eigenvalue weighted by molar-refractivity contribution is 5.93. The fourth-order valence-electron chi connectivity index (χ4n) is 3.06. The van der Waals surface area contributed by atoms with Crippen molar-refractivity contribution in [2.75, 3.05) is 11.5 Å². The van der Waals surface area contributed by atoms with E-state index in [0.717, 1.165) is 27.9 Å². The molecule has 3 rings (SSSR count). The molecule has 0 bridgehead atoms. The third kappa shape index (κ3) is 4.19. The number of nitrogens with zero attached hydrogens (tertiary/aromatic N) is 1. The van der Waals surface area contributed by atoms with E-state index in [9.17, 15) is 9.59 Å². The minimum absolute atomic E-state index is 0.0390. The van der Waals surface area contributed by atoms with Crippen LogP contribution in [0.25, 0.3) is 10.9 Å². The lowest BCUT2D eigenvalue weighted by Crippen LogP contribution is -2.32. The summed E-state index contributed by atoms with van der Waals surface area (Å²) in [5, 5.41) is 0.959. The second-order valence-corrected chi connectivity index (χ2v) is 6.47. The average molecular weight is 364 g/mol. The first-order valence-corrected chi connectivity index (χ1v) is 9.17. The summed E-state index contributed by atoms with van der Waals surface area (Å²) in [4.78, 5) is 29.6. The smallest absolute Gasteiger partial charge is 0.253 e. The third-order valence-corrected chi connectivity index (χ3v) is 4.47. The molecule has 0 atom stereocenters. The number of nitrogens with one attached hydrogen (secondary N) is 1. The van der Waals surface area contributed by atoms with Crippen LogP contribution in [0.3, 0.4) is 0 Å². The van der Waals surface area contributed by atoms with E-state index in [-0.39, 0.29) is 18.0 Å². The zero-order valence-corrected chi connectivity index (χ0v) is 15.9. The fraction of sp³-hybridized carbons (Fsp3) is 0.273. The number of anilines is 1. The maximum absolute atomic E-state index is 12.5. The Balaban J connectivity index is 1.97. The molecule has 1 N–H and O–H groups in total. The second-order valence-electron chi connectivity index (χ2n) is 6.47. The summed E-state index contributed by atoms with van der Waals surface area (Å²) < 4.78 is 5.47. The average Bonchev–Trinajstić information content (AvgIpc) is 2.67. The molecule has 1 aromatic heterocycles. The van der Waals surface area contributed by atoms with Gasteiger partial charge in [-0.25, -0.2) is 0 Å². The predicted octanol–water partition coefficient (Wildman–Crippen LogP) is 4.18. The molecule has 140 valence electrons. The Morgan fingerprint density at radius 2 is 1.81 bits per heavy atom. The van der Waals surface area contributed by atoms with Gasteiger partial charge in [0.25, 0.3) is 5.56 Å². The van der Waals surface area contributed by atoms with Gasteiger partial charge in [-0.05, 0) is 61.7 Å². The molecule has 1 amide bonds. The molecule has 2 aromatic carbocycles. The molecule has 0 aliphatic carbocycles. The summed E-state index contributed by atoms with van der Waals surface area (Å²) in [5.74, 6) is 0.715. The van der Waals surface area contributed by atoms with E-state index < -0.39 is 0 Å². The van der Waals surface area contributed by atoms with Crippen LogP contribution in [0.4, 0.5) is 5.69 Å². The summed E-state index contributed by atoms with van der Waals surface area (Å²) in [6, 6.07) is 15.1. The lowest BCUT2D eigenvalue weighted by Gasteiger charge is -2.22. The van der Waals surface area contributed by atoms with Crippen LogP contribution in [0, 0.1) is 6.92 Å². The normalized spacial score (nSPS) is 10.8. The number of hydrogen-bond acceptors (Lipinski definition) is 3. The molecule has 0 spiro atoms. The number of aromatic amines is 1. The van der Waals surface area contributed by atoms with E-state index in [1.54, 1.807) is 4.90 Å². The molecular formula is C22H24N2O3. The van der Waals surface area contributed by atoms with E-state index in [0.29, 0.717) is 18.6 Å². The number of amides is 1. The molecule has 0 aliphatic rings. The predicted molar refractivity (Wildman–Crippen MR) is 108 cm³/mol. The number of ether oxygens (including phenoxy) is 1. The first kappa shape index (κ1) is 18.7. The van der Waals surface area contributed by atoms with Crippen LogP contribution in [0.2, 0.25) is 0 Å². The Hall–Kier alpha value is -3.08. The van der Waals surface area contributed by atoms with Crippen molar-refractivity contribution in [3.8, 4) is 5.75 Å². The highest BCUT2D eigenvalue weighted by Crippen LogP contribution is 2.22. The second kappa shape index (κ2) is 8.08. The minimum atomic E-state index is -0.175. The molecule has 1 heterocycles. The first-order chi connectivity index (χ1) is 13.0. The summed E-state index contributed by atoms with van der Waals surface area (Å²) in [7, 11) is 0. The number of rotatable bonds is 6. The van der Waals surface area contributed by atoms with Gasteiger partial charge in [0.05, 0.1) is 13.2 Å². The van der Waals surface area contributed by atoms with E-state index in [4.69, 9.17) is 4.74 Å². The lowest BCUT2D eigenvalue weighted by molar-refractivity contribution is -0.118. The number of benzene rings is 2. The number of carbonyl (C=O) groups is 1. The summed E-state index contributed by atoms with van der Waals surface area (Å²) >= 11 is 0. The number of hydrogen-bond donors (Lipinski definition) is 1. The number of carbonyl (C=O) groups excluding carboxylic acids is 1. The van der Waals surface area contributed by atoms with Crippen molar-refractivity contribution in [2.24, 2.45) is 0 Å². The van der Waals surface area contributed by atoms with E-state index in [1.165, 1.54) is 0 Å². The zero-order chi connectivity index (χ0) is 19.4. The standard InChI is InChI=1S/C22H24N2O3/c1-4-21(25)24(18-7-9-19(10-8-18)27-5-2)14-17-13-16-12-15(3)6-11-20(16)23-22(17)26/h6-13H,4-5,14H2,1-3H3,(H,23,26). The molecule has 27 heavy (non-hydrogen) atoms. The quantitative estimate of drug-likeness (QED) is 0.714. The maximum Gasteiger partial charge on any atom is 0.253 e. The van der Waals surface area contributed by atoms with Gasteiger partial charge >= 0.3 is 0 Å². The van der Waals surface area contributed by atoms with Crippen LogP contribution in [0.15, 0.2) is 53.3 Å². The molecule has 0 aliphatic heterocycles. The van der Waals surface area contributed by atoms with Gasteiger partial charge in [-0.1, -0.05) is 18.6 Å². The van der Waals surface area contributed by atoms with Crippen molar-refractivity contribution in [1.82, 2.24) is 4.98 Å².